The Labute approximate surface area is 123 Å². The Morgan fingerprint density at radius 3 is 2.68 bits per heavy atom. The van der Waals surface area contributed by atoms with Crippen molar-refractivity contribution in [2.75, 3.05) is 20.2 Å². The molecule has 0 atom stereocenters. The van der Waals surface area contributed by atoms with Crippen LogP contribution in [-0.4, -0.2) is 32.9 Å². The van der Waals surface area contributed by atoms with E-state index in [0.717, 1.165) is 6.42 Å². The van der Waals surface area contributed by atoms with E-state index in [0.29, 0.717) is 16.8 Å². The number of methoxy groups -OCH3 is 1. The van der Waals surface area contributed by atoms with Crippen LogP contribution in [0.4, 0.5) is 0 Å². The van der Waals surface area contributed by atoms with E-state index >= 15 is 0 Å². The van der Waals surface area contributed by atoms with Gasteiger partial charge in [-0.3, -0.25) is 0 Å². The second kappa shape index (κ2) is 7.07. The lowest BCUT2D eigenvalue weighted by atomic mass is 10.3. The van der Waals surface area contributed by atoms with Gasteiger partial charge >= 0.3 is 0 Å². The summed E-state index contributed by atoms with van der Waals surface area (Å²) in [7, 11) is -2.13. The van der Waals surface area contributed by atoms with Crippen molar-refractivity contribution < 1.29 is 13.2 Å². The molecule has 0 spiro atoms. The minimum Gasteiger partial charge on any atom is -0.495 e. The molecule has 0 N–H and O–H groups in total. The first-order chi connectivity index (χ1) is 8.97. The van der Waals surface area contributed by atoms with Crippen molar-refractivity contribution in [2.24, 2.45) is 0 Å². The van der Waals surface area contributed by atoms with Gasteiger partial charge in [0.15, 0.2) is 0 Å². The maximum absolute atomic E-state index is 12.6. The third-order valence-corrected chi connectivity index (χ3v) is 4.93. The predicted octanol–water partition coefficient (Wildman–Crippen LogP) is 3.04. The summed E-state index contributed by atoms with van der Waals surface area (Å²) in [6.07, 6.45) is 2.32. The highest BCUT2D eigenvalue weighted by Crippen LogP contribution is 2.29. The first-order valence-corrected chi connectivity index (χ1v) is 8.15. The summed E-state index contributed by atoms with van der Waals surface area (Å²) in [6, 6.07) is 4.93. The third-order valence-electron chi connectivity index (χ3n) is 2.55. The van der Waals surface area contributed by atoms with Crippen LogP contribution in [0.1, 0.15) is 13.3 Å². The zero-order valence-corrected chi connectivity index (χ0v) is 13.5. The van der Waals surface area contributed by atoms with Gasteiger partial charge in [0.25, 0.3) is 0 Å². The molecular weight excluding hydrogens is 330 g/mol. The number of rotatable bonds is 7. The second-order valence-electron chi connectivity index (χ2n) is 3.95. The van der Waals surface area contributed by atoms with Crippen LogP contribution in [0.2, 0.25) is 0 Å². The van der Waals surface area contributed by atoms with E-state index in [1.807, 2.05) is 6.92 Å². The maximum atomic E-state index is 12.6. The van der Waals surface area contributed by atoms with E-state index in [1.54, 1.807) is 24.3 Å². The van der Waals surface area contributed by atoms with Gasteiger partial charge in [0, 0.05) is 17.6 Å². The highest BCUT2D eigenvalue weighted by atomic mass is 79.9. The fourth-order valence-electron chi connectivity index (χ4n) is 1.69. The summed E-state index contributed by atoms with van der Waals surface area (Å²) < 4.78 is 32.5. The van der Waals surface area contributed by atoms with E-state index < -0.39 is 10.0 Å². The lowest BCUT2D eigenvalue weighted by Crippen LogP contribution is -2.32. The first-order valence-electron chi connectivity index (χ1n) is 5.92. The van der Waals surface area contributed by atoms with E-state index in [-0.39, 0.29) is 11.4 Å². The van der Waals surface area contributed by atoms with Gasteiger partial charge in [0.2, 0.25) is 10.0 Å². The molecule has 6 heteroatoms. The molecule has 0 unspecified atom stereocenters. The molecule has 1 aromatic carbocycles. The van der Waals surface area contributed by atoms with Crippen molar-refractivity contribution in [2.45, 2.75) is 18.2 Å². The van der Waals surface area contributed by atoms with Gasteiger partial charge < -0.3 is 4.74 Å². The third kappa shape index (κ3) is 3.81. The van der Waals surface area contributed by atoms with Gasteiger partial charge in [0.05, 0.1) is 7.11 Å². The van der Waals surface area contributed by atoms with Crippen molar-refractivity contribution in [3.05, 3.63) is 35.3 Å². The van der Waals surface area contributed by atoms with Gasteiger partial charge in [-0.25, -0.2) is 8.42 Å². The van der Waals surface area contributed by atoms with Crippen molar-refractivity contribution in [3.8, 4) is 5.75 Å². The average Bonchev–Trinajstić information content (AvgIpc) is 2.38. The van der Waals surface area contributed by atoms with E-state index in [2.05, 4.69) is 22.5 Å². The van der Waals surface area contributed by atoms with Crippen LogP contribution >= 0.6 is 15.9 Å². The maximum Gasteiger partial charge on any atom is 0.247 e. The highest BCUT2D eigenvalue weighted by Gasteiger charge is 2.26. The van der Waals surface area contributed by atoms with Crippen molar-refractivity contribution in [3.63, 3.8) is 0 Å². The van der Waals surface area contributed by atoms with Gasteiger partial charge in [-0.1, -0.05) is 28.9 Å². The molecule has 1 aromatic rings. The number of hydrogen-bond donors (Lipinski definition) is 0. The molecule has 0 fully saturated rings. The van der Waals surface area contributed by atoms with Crippen molar-refractivity contribution in [1.29, 1.82) is 0 Å². The fraction of sp³-hybridized carbons (Fsp3) is 0.385. The summed E-state index contributed by atoms with van der Waals surface area (Å²) in [6.45, 7) is 6.27. The Kier molecular flexibility index (Phi) is 6.03. The van der Waals surface area contributed by atoms with Gasteiger partial charge in [-0.2, -0.15) is 4.31 Å². The van der Waals surface area contributed by atoms with E-state index in [9.17, 15) is 8.42 Å². The summed E-state index contributed by atoms with van der Waals surface area (Å²) in [5, 5.41) is 0. The lowest BCUT2D eigenvalue weighted by molar-refractivity contribution is 0.395. The highest BCUT2D eigenvalue weighted by molar-refractivity contribution is 9.10. The number of nitrogens with zero attached hydrogens (tertiary/aromatic N) is 1. The van der Waals surface area contributed by atoms with Gasteiger partial charge in [0.1, 0.15) is 10.6 Å². The average molecular weight is 348 g/mol. The number of benzene rings is 1. The predicted molar refractivity (Wildman–Crippen MR) is 79.9 cm³/mol. The molecule has 0 saturated heterocycles. The molecule has 0 amide bonds. The largest absolute Gasteiger partial charge is 0.495 e. The SMILES string of the molecule is C=CCN(CCC)S(=O)(=O)c1cc(Br)ccc1OC. The molecule has 0 radical (unpaired) electrons. The normalized spacial score (nSPS) is 11.6. The van der Waals surface area contributed by atoms with Gasteiger partial charge in [-0.05, 0) is 24.6 Å². The number of hydrogen-bond acceptors (Lipinski definition) is 3. The molecule has 19 heavy (non-hydrogen) atoms. The quantitative estimate of drug-likeness (QED) is 0.712. The van der Waals surface area contributed by atoms with Crippen molar-refractivity contribution in [1.82, 2.24) is 4.31 Å². The Hall–Kier alpha value is -0.850. The molecule has 106 valence electrons. The summed E-state index contributed by atoms with van der Waals surface area (Å²) >= 11 is 3.29. The number of halogens is 1. The summed E-state index contributed by atoms with van der Waals surface area (Å²) in [5.41, 5.74) is 0. The monoisotopic (exact) mass is 347 g/mol. The minimum absolute atomic E-state index is 0.166. The molecule has 0 aliphatic carbocycles. The Bertz CT molecular complexity index is 543. The Morgan fingerprint density at radius 1 is 1.47 bits per heavy atom. The molecular formula is C13H18BrNO3S. The molecule has 1 rings (SSSR count). The number of ether oxygens (including phenoxy) is 1. The number of sulfonamides is 1. The Morgan fingerprint density at radius 2 is 2.16 bits per heavy atom. The topological polar surface area (TPSA) is 46.6 Å². The molecule has 0 heterocycles. The molecule has 0 aromatic heterocycles. The first kappa shape index (κ1) is 16.2. The fourth-order valence-corrected chi connectivity index (χ4v) is 3.89. The summed E-state index contributed by atoms with van der Waals surface area (Å²) in [4.78, 5) is 0.166. The van der Waals surface area contributed by atoms with Crippen LogP contribution in [0.5, 0.6) is 5.75 Å². The van der Waals surface area contributed by atoms with Crippen LogP contribution in [0.25, 0.3) is 0 Å². The molecule has 0 aliphatic heterocycles. The second-order valence-corrected chi connectivity index (χ2v) is 6.77. The van der Waals surface area contributed by atoms with Gasteiger partial charge in [-0.15, -0.1) is 6.58 Å². The van der Waals surface area contributed by atoms with Crippen LogP contribution < -0.4 is 4.74 Å². The van der Waals surface area contributed by atoms with Crippen LogP contribution in [0.15, 0.2) is 40.2 Å². The minimum atomic E-state index is -3.58. The van der Waals surface area contributed by atoms with Crippen LogP contribution in [-0.2, 0) is 10.0 Å². The van der Waals surface area contributed by atoms with Crippen LogP contribution in [0.3, 0.4) is 0 Å². The zero-order chi connectivity index (χ0) is 14.5. The molecule has 0 saturated carbocycles. The smallest absolute Gasteiger partial charge is 0.247 e. The van der Waals surface area contributed by atoms with Crippen LogP contribution in [0, 0.1) is 0 Å². The summed E-state index contributed by atoms with van der Waals surface area (Å²) in [5.74, 6) is 0.341. The van der Waals surface area contributed by atoms with Crippen molar-refractivity contribution >= 4 is 26.0 Å². The Balaban J connectivity index is 3.31. The standard InChI is InChI=1S/C13H18BrNO3S/c1-4-8-15(9-5-2)19(16,17)13-10-11(14)6-7-12(13)18-3/h4,6-7,10H,1,5,8-9H2,2-3H3. The molecule has 0 bridgehead atoms. The van der Waals surface area contributed by atoms with E-state index in [1.165, 1.54) is 11.4 Å². The van der Waals surface area contributed by atoms with E-state index in [4.69, 9.17) is 4.74 Å². The molecule has 0 aliphatic rings. The zero-order valence-electron chi connectivity index (χ0n) is 11.1. The molecule has 4 nitrogen and oxygen atoms in total. The lowest BCUT2D eigenvalue weighted by Gasteiger charge is -2.21.